The maximum atomic E-state index is 13.5. The quantitative estimate of drug-likeness (QED) is 0.227. The fraction of sp³-hybridized carbons (Fsp3) is 0.484. The summed E-state index contributed by atoms with van der Waals surface area (Å²) in [5, 5.41) is 14.3. The van der Waals surface area contributed by atoms with E-state index in [1.807, 2.05) is 32.9 Å². The number of hydrogen-bond acceptors (Lipinski definition) is 5. The second-order valence-electron chi connectivity index (χ2n) is 12.4. The maximum Gasteiger partial charge on any atom is 0.454 e. The summed E-state index contributed by atoms with van der Waals surface area (Å²) >= 11 is 7.66. The largest absolute Gasteiger partial charge is 0.481 e. The molecule has 2 unspecified atom stereocenters. The van der Waals surface area contributed by atoms with E-state index in [9.17, 15) is 27.9 Å². The van der Waals surface area contributed by atoms with Gasteiger partial charge in [-0.15, -0.1) is 11.8 Å². The molecule has 0 amide bonds. The predicted molar refractivity (Wildman–Crippen MR) is 160 cm³/mol. The number of benzene rings is 2. The Morgan fingerprint density at radius 1 is 1.12 bits per heavy atom. The van der Waals surface area contributed by atoms with Crippen LogP contribution in [0.5, 0.6) is 5.75 Å². The summed E-state index contributed by atoms with van der Waals surface area (Å²) in [4.78, 5) is 25.4. The highest BCUT2D eigenvalue weighted by Gasteiger charge is 2.48. The van der Waals surface area contributed by atoms with Gasteiger partial charge in [-0.05, 0) is 69.1 Å². The van der Waals surface area contributed by atoms with Crippen molar-refractivity contribution < 1.29 is 32.6 Å². The Hall–Kier alpha value is -2.69. The van der Waals surface area contributed by atoms with Crippen molar-refractivity contribution in [1.29, 1.82) is 0 Å². The minimum absolute atomic E-state index is 0.141. The molecule has 0 radical (unpaired) electrons. The highest BCUT2D eigenvalue weighted by Crippen LogP contribution is 2.44. The van der Waals surface area contributed by atoms with E-state index in [0.29, 0.717) is 31.0 Å². The molecule has 2 aromatic carbocycles. The molecule has 4 rings (SSSR count). The molecular weight excluding hydrogens is 589 g/mol. The monoisotopic (exact) mass is 624 g/mol. The number of ketones is 1. The number of fused-ring (bicyclic) bond motifs is 1. The normalized spacial score (nSPS) is 17.0. The summed E-state index contributed by atoms with van der Waals surface area (Å²) in [7, 11) is 0. The van der Waals surface area contributed by atoms with E-state index >= 15 is 0 Å². The Kier molecular flexibility index (Phi) is 9.31. The number of carbonyl (C=O) groups excluding carboxylic acids is 1. The van der Waals surface area contributed by atoms with Crippen LogP contribution < -0.4 is 10.1 Å². The standard InChI is InChI=1S/C31H36ClF3N2O4S/c1-29(2,3)42-26-21-15-20(41-25(22-7-6-14-36-22)27(38)31(33,34)35)12-13-23(21)37(17-18-8-10-19(32)11-9-18)24(26)16-30(4,5)28(39)40/h8-13,15,22,25,36H,6-7,14,16-17H2,1-5H3,(H,39,40). The molecule has 1 aromatic heterocycles. The van der Waals surface area contributed by atoms with E-state index in [2.05, 4.69) is 9.88 Å². The van der Waals surface area contributed by atoms with Crippen LogP contribution in [0.25, 0.3) is 10.9 Å². The molecule has 6 nitrogen and oxygen atoms in total. The van der Waals surface area contributed by atoms with Gasteiger partial charge in [0, 0.05) is 44.2 Å². The average molecular weight is 625 g/mol. The molecule has 1 aliphatic heterocycles. The van der Waals surface area contributed by atoms with Crippen LogP contribution in [0.3, 0.4) is 0 Å². The lowest BCUT2D eigenvalue weighted by molar-refractivity contribution is -0.179. The van der Waals surface area contributed by atoms with Crippen molar-refractivity contribution in [2.45, 2.75) is 88.4 Å². The minimum Gasteiger partial charge on any atom is -0.481 e. The molecule has 2 N–H and O–H groups in total. The number of nitrogens with zero attached hydrogens (tertiary/aromatic N) is 1. The summed E-state index contributed by atoms with van der Waals surface area (Å²) in [6.07, 6.45) is -5.50. The first-order valence-corrected chi connectivity index (χ1v) is 15.0. The third kappa shape index (κ3) is 7.44. The van der Waals surface area contributed by atoms with Crippen LogP contribution in [0, 0.1) is 5.41 Å². The molecule has 1 fully saturated rings. The van der Waals surface area contributed by atoms with Gasteiger partial charge in [0.15, 0.2) is 6.10 Å². The van der Waals surface area contributed by atoms with E-state index in [1.165, 1.54) is 0 Å². The van der Waals surface area contributed by atoms with Gasteiger partial charge in [0.1, 0.15) is 5.75 Å². The van der Waals surface area contributed by atoms with Gasteiger partial charge in [-0.25, -0.2) is 0 Å². The predicted octanol–water partition coefficient (Wildman–Crippen LogP) is 7.52. The van der Waals surface area contributed by atoms with Gasteiger partial charge >= 0.3 is 12.1 Å². The van der Waals surface area contributed by atoms with Crippen LogP contribution in [0.1, 0.15) is 58.7 Å². The summed E-state index contributed by atoms with van der Waals surface area (Å²) < 4.78 is 48.3. The van der Waals surface area contributed by atoms with Crippen LogP contribution in [-0.2, 0) is 22.6 Å². The zero-order valence-corrected chi connectivity index (χ0v) is 25.8. The molecule has 11 heteroatoms. The molecule has 42 heavy (non-hydrogen) atoms. The Balaban J connectivity index is 1.89. The first kappa shape index (κ1) is 32.2. The number of aliphatic carboxylic acids is 1. The number of ether oxygens (including phenoxy) is 1. The van der Waals surface area contributed by atoms with Gasteiger partial charge in [-0.1, -0.05) is 44.5 Å². The van der Waals surface area contributed by atoms with E-state index < -0.39 is 35.5 Å². The molecule has 228 valence electrons. The molecule has 0 aliphatic carbocycles. The Morgan fingerprint density at radius 2 is 1.79 bits per heavy atom. The second-order valence-corrected chi connectivity index (χ2v) is 14.6. The zero-order chi connectivity index (χ0) is 31.0. The lowest BCUT2D eigenvalue weighted by atomic mass is 9.88. The van der Waals surface area contributed by atoms with Gasteiger partial charge in [0.25, 0.3) is 5.78 Å². The Labute approximate surface area is 252 Å². The van der Waals surface area contributed by atoms with Gasteiger partial charge in [-0.2, -0.15) is 13.2 Å². The molecule has 0 spiro atoms. The minimum atomic E-state index is -5.04. The van der Waals surface area contributed by atoms with Crippen molar-refractivity contribution in [2.75, 3.05) is 6.54 Å². The van der Waals surface area contributed by atoms with Crippen molar-refractivity contribution in [2.24, 2.45) is 5.41 Å². The molecular formula is C31H36ClF3N2O4S. The van der Waals surface area contributed by atoms with Gasteiger partial charge in [-0.3, -0.25) is 9.59 Å². The maximum absolute atomic E-state index is 13.5. The number of carboxylic acids is 1. The molecule has 2 atom stereocenters. The first-order valence-electron chi connectivity index (χ1n) is 13.8. The van der Waals surface area contributed by atoms with Crippen molar-refractivity contribution >= 4 is 46.0 Å². The number of carbonyl (C=O) groups is 2. The fourth-order valence-corrected chi connectivity index (χ4v) is 6.38. The number of thioether (sulfide) groups is 1. The number of nitrogens with one attached hydrogen (secondary N) is 1. The van der Waals surface area contributed by atoms with Crippen LogP contribution in [0.2, 0.25) is 5.02 Å². The summed E-state index contributed by atoms with van der Waals surface area (Å²) in [5.41, 5.74) is 1.42. The number of alkyl halides is 3. The smallest absolute Gasteiger partial charge is 0.454 e. The number of halogens is 4. The highest BCUT2D eigenvalue weighted by molar-refractivity contribution is 8.00. The molecule has 2 heterocycles. The Bertz CT molecular complexity index is 1460. The van der Waals surface area contributed by atoms with Crippen LogP contribution in [-0.4, -0.2) is 51.0 Å². The summed E-state index contributed by atoms with van der Waals surface area (Å²) in [6.45, 7) is 10.4. The van der Waals surface area contributed by atoms with Crippen molar-refractivity contribution in [3.05, 3.63) is 58.7 Å². The fourth-order valence-electron chi connectivity index (χ4n) is 5.07. The van der Waals surface area contributed by atoms with E-state index in [4.69, 9.17) is 16.3 Å². The molecule has 0 saturated carbocycles. The number of aromatic nitrogens is 1. The van der Waals surface area contributed by atoms with Crippen LogP contribution >= 0.6 is 23.4 Å². The molecule has 3 aromatic rings. The van der Waals surface area contributed by atoms with Crippen molar-refractivity contribution in [3.8, 4) is 5.75 Å². The van der Waals surface area contributed by atoms with E-state index in [0.717, 1.165) is 27.1 Å². The molecule has 0 bridgehead atoms. The topological polar surface area (TPSA) is 80.6 Å². The van der Waals surface area contributed by atoms with Crippen molar-refractivity contribution in [3.63, 3.8) is 0 Å². The first-order chi connectivity index (χ1) is 19.5. The third-order valence-corrected chi connectivity index (χ3v) is 8.73. The van der Waals surface area contributed by atoms with Gasteiger partial charge in [0.2, 0.25) is 0 Å². The average Bonchev–Trinajstić information content (AvgIpc) is 3.50. The highest BCUT2D eigenvalue weighted by atomic mass is 35.5. The SMILES string of the molecule is CC(C)(C)Sc1c(CC(C)(C)C(=O)O)n(Cc2ccc(Cl)cc2)c2ccc(OC(C(=O)C(F)(F)F)C3CCCN3)cc12. The number of carboxylic acid groups (broad SMARTS) is 1. The Morgan fingerprint density at radius 3 is 2.33 bits per heavy atom. The molecule has 1 saturated heterocycles. The zero-order valence-electron chi connectivity index (χ0n) is 24.3. The summed E-state index contributed by atoms with van der Waals surface area (Å²) in [6, 6.07) is 11.6. The van der Waals surface area contributed by atoms with E-state index in [1.54, 1.807) is 55.9 Å². The lowest BCUT2D eigenvalue weighted by Gasteiger charge is -2.25. The van der Waals surface area contributed by atoms with Gasteiger partial charge < -0.3 is 19.7 Å². The number of hydrogen-bond donors (Lipinski definition) is 2. The third-order valence-electron chi connectivity index (χ3n) is 7.21. The number of rotatable bonds is 10. The van der Waals surface area contributed by atoms with E-state index in [-0.39, 0.29) is 16.9 Å². The van der Waals surface area contributed by atoms with Crippen molar-refractivity contribution in [1.82, 2.24) is 9.88 Å². The number of Topliss-reactive ketones (excluding diaryl/α,β-unsaturated/α-hetero) is 1. The summed E-state index contributed by atoms with van der Waals surface area (Å²) in [5.74, 6) is -2.73. The van der Waals surface area contributed by atoms with Crippen LogP contribution in [0.15, 0.2) is 47.4 Å². The van der Waals surface area contributed by atoms with Gasteiger partial charge in [0.05, 0.1) is 11.5 Å². The lowest BCUT2D eigenvalue weighted by Crippen LogP contribution is -2.49. The molecule has 1 aliphatic rings. The van der Waals surface area contributed by atoms with Crippen LogP contribution in [0.4, 0.5) is 13.2 Å². The second kappa shape index (κ2) is 12.1.